The zero-order chi connectivity index (χ0) is 17.9. The molecule has 2 N–H and O–H groups in total. The summed E-state index contributed by atoms with van der Waals surface area (Å²) in [5, 5.41) is 6.31. The molecule has 0 fully saturated rings. The van der Waals surface area contributed by atoms with Crippen LogP contribution < -0.4 is 10.6 Å². The van der Waals surface area contributed by atoms with Crippen LogP contribution in [0, 0.1) is 0 Å². The molecular formula is C21H27N3O. The third kappa shape index (κ3) is 6.89. The van der Waals surface area contributed by atoms with Crippen LogP contribution in [-0.2, 0) is 11.3 Å². The summed E-state index contributed by atoms with van der Waals surface area (Å²) in [6.07, 6.45) is 1.31. The smallest absolute Gasteiger partial charge is 0.222 e. The summed E-state index contributed by atoms with van der Waals surface area (Å²) < 4.78 is 0. The molecule has 0 aliphatic heterocycles. The lowest BCUT2D eigenvalue weighted by molar-refractivity contribution is -0.121. The standard InChI is InChI=1S/C21H27N3O/c1-17(22-2)15-21(25)24-14-6-13-23-16-18-9-11-20(12-10-18)19-7-4-3-5-8-19/h3-5,7-12,17,23H,2,6,13-16H2,1H3,(H,24,25). The monoisotopic (exact) mass is 337 g/mol. The Kier molecular flexibility index (Phi) is 7.86. The summed E-state index contributed by atoms with van der Waals surface area (Å²) in [5.41, 5.74) is 3.73. The van der Waals surface area contributed by atoms with E-state index in [2.05, 4.69) is 70.9 Å². The Morgan fingerprint density at radius 2 is 1.72 bits per heavy atom. The number of rotatable bonds is 10. The molecule has 1 amide bonds. The molecule has 0 saturated carbocycles. The van der Waals surface area contributed by atoms with Gasteiger partial charge in [-0.15, -0.1) is 0 Å². The average molecular weight is 337 g/mol. The molecule has 25 heavy (non-hydrogen) atoms. The van der Waals surface area contributed by atoms with Crippen LogP contribution in [0.25, 0.3) is 11.1 Å². The van der Waals surface area contributed by atoms with Crippen molar-refractivity contribution < 1.29 is 4.79 Å². The molecule has 0 bridgehead atoms. The molecule has 0 aliphatic carbocycles. The van der Waals surface area contributed by atoms with Crippen LogP contribution in [0.5, 0.6) is 0 Å². The van der Waals surface area contributed by atoms with Crippen molar-refractivity contribution in [1.82, 2.24) is 10.6 Å². The number of nitrogens with one attached hydrogen (secondary N) is 2. The number of benzene rings is 2. The second kappa shape index (κ2) is 10.4. The average Bonchev–Trinajstić information content (AvgIpc) is 2.65. The van der Waals surface area contributed by atoms with Crippen LogP contribution in [-0.4, -0.2) is 31.8 Å². The fourth-order valence-corrected chi connectivity index (χ4v) is 2.52. The molecule has 0 saturated heterocycles. The van der Waals surface area contributed by atoms with Crippen LogP contribution in [0.3, 0.4) is 0 Å². The van der Waals surface area contributed by atoms with Crippen molar-refractivity contribution in [2.24, 2.45) is 4.99 Å². The Hall–Kier alpha value is -2.46. The van der Waals surface area contributed by atoms with Gasteiger partial charge >= 0.3 is 0 Å². The van der Waals surface area contributed by atoms with Crippen LogP contribution in [0.1, 0.15) is 25.3 Å². The molecule has 0 aromatic heterocycles. The summed E-state index contributed by atoms with van der Waals surface area (Å²) >= 11 is 0. The van der Waals surface area contributed by atoms with Gasteiger partial charge in [0.25, 0.3) is 0 Å². The minimum absolute atomic E-state index is 0.0167. The number of carbonyl (C=O) groups is 1. The van der Waals surface area contributed by atoms with Crippen LogP contribution in [0.15, 0.2) is 59.6 Å². The van der Waals surface area contributed by atoms with E-state index >= 15 is 0 Å². The Balaban J connectivity index is 1.62. The van der Waals surface area contributed by atoms with Gasteiger partial charge in [0.05, 0.1) is 6.04 Å². The fourth-order valence-electron chi connectivity index (χ4n) is 2.52. The molecule has 0 heterocycles. The molecule has 0 spiro atoms. The van der Waals surface area contributed by atoms with E-state index in [4.69, 9.17) is 0 Å². The van der Waals surface area contributed by atoms with Gasteiger partial charge in [-0.3, -0.25) is 9.79 Å². The first kappa shape index (κ1) is 18.9. The summed E-state index contributed by atoms with van der Waals surface area (Å²) in [6.45, 7) is 7.72. The lowest BCUT2D eigenvalue weighted by Crippen LogP contribution is -2.29. The Morgan fingerprint density at radius 3 is 2.40 bits per heavy atom. The largest absolute Gasteiger partial charge is 0.356 e. The van der Waals surface area contributed by atoms with E-state index in [1.807, 2.05) is 13.0 Å². The van der Waals surface area contributed by atoms with Gasteiger partial charge in [0, 0.05) is 19.5 Å². The quantitative estimate of drug-likeness (QED) is 0.515. The van der Waals surface area contributed by atoms with Gasteiger partial charge in [-0.2, -0.15) is 0 Å². The highest BCUT2D eigenvalue weighted by molar-refractivity contribution is 5.76. The topological polar surface area (TPSA) is 53.5 Å². The van der Waals surface area contributed by atoms with E-state index < -0.39 is 0 Å². The number of nitrogens with zero attached hydrogens (tertiary/aromatic N) is 1. The Bertz CT molecular complexity index is 653. The SMILES string of the molecule is C=NC(C)CC(=O)NCCCNCc1ccc(-c2ccccc2)cc1. The highest BCUT2D eigenvalue weighted by atomic mass is 16.1. The highest BCUT2D eigenvalue weighted by Crippen LogP contribution is 2.19. The number of aliphatic imine (C=N–C) groups is 1. The van der Waals surface area contributed by atoms with E-state index in [0.717, 1.165) is 19.5 Å². The minimum Gasteiger partial charge on any atom is -0.356 e. The van der Waals surface area contributed by atoms with E-state index in [-0.39, 0.29) is 11.9 Å². The highest BCUT2D eigenvalue weighted by Gasteiger charge is 2.05. The Labute approximate surface area is 150 Å². The van der Waals surface area contributed by atoms with Crippen molar-refractivity contribution >= 4 is 12.6 Å². The first-order valence-corrected chi connectivity index (χ1v) is 8.76. The van der Waals surface area contributed by atoms with Crippen molar-refractivity contribution in [2.75, 3.05) is 13.1 Å². The maximum absolute atomic E-state index is 11.6. The maximum Gasteiger partial charge on any atom is 0.222 e. The molecule has 2 aromatic rings. The van der Waals surface area contributed by atoms with E-state index in [9.17, 15) is 4.79 Å². The summed E-state index contributed by atoms with van der Waals surface area (Å²) in [7, 11) is 0. The third-order valence-electron chi connectivity index (χ3n) is 4.04. The molecule has 4 heteroatoms. The third-order valence-corrected chi connectivity index (χ3v) is 4.04. The number of hydrogen-bond donors (Lipinski definition) is 2. The van der Waals surface area contributed by atoms with Gasteiger partial charge in [-0.1, -0.05) is 54.6 Å². The zero-order valence-corrected chi connectivity index (χ0v) is 14.9. The minimum atomic E-state index is -0.0167. The summed E-state index contributed by atoms with van der Waals surface area (Å²) in [6, 6.07) is 19.0. The molecule has 4 nitrogen and oxygen atoms in total. The first-order chi connectivity index (χ1) is 12.2. The van der Waals surface area contributed by atoms with Crippen molar-refractivity contribution in [1.29, 1.82) is 0 Å². The van der Waals surface area contributed by atoms with E-state index in [1.54, 1.807) is 0 Å². The second-order valence-electron chi connectivity index (χ2n) is 6.18. The van der Waals surface area contributed by atoms with Crippen LogP contribution in [0.4, 0.5) is 0 Å². The van der Waals surface area contributed by atoms with Gasteiger partial charge in [-0.25, -0.2) is 0 Å². The van der Waals surface area contributed by atoms with Crippen molar-refractivity contribution in [2.45, 2.75) is 32.4 Å². The number of hydrogen-bond acceptors (Lipinski definition) is 3. The molecular weight excluding hydrogens is 310 g/mol. The predicted octanol–water partition coefficient (Wildman–Crippen LogP) is 3.43. The zero-order valence-electron chi connectivity index (χ0n) is 14.9. The lowest BCUT2D eigenvalue weighted by Gasteiger charge is -2.09. The van der Waals surface area contributed by atoms with Crippen LogP contribution >= 0.6 is 0 Å². The van der Waals surface area contributed by atoms with Gasteiger partial charge in [0.2, 0.25) is 5.91 Å². The molecule has 0 aliphatic rings. The maximum atomic E-state index is 11.6. The summed E-state index contributed by atoms with van der Waals surface area (Å²) in [5.74, 6) is 0.0383. The van der Waals surface area contributed by atoms with Crippen molar-refractivity contribution in [3.63, 3.8) is 0 Å². The predicted molar refractivity (Wildman–Crippen MR) is 105 cm³/mol. The lowest BCUT2D eigenvalue weighted by atomic mass is 10.0. The molecule has 2 aromatic carbocycles. The Morgan fingerprint density at radius 1 is 1.04 bits per heavy atom. The van der Waals surface area contributed by atoms with Gasteiger partial charge < -0.3 is 10.6 Å². The first-order valence-electron chi connectivity index (χ1n) is 8.76. The molecule has 2 rings (SSSR count). The van der Waals surface area contributed by atoms with Crippen molar-refractivity contribution in [3.05, 3.63) is 60.2 Å². The second-order valence-corrected chi connectivity index (χ2v) is 6.18. The van der Waals surface area contributed by atoms with Crippen LogP contribution in [0.2, 0.25) is 0 Å². The molecule has 1 atom stereocenters. The molecule has 0 radical (unpaired) electrons. The summed E-state index contributed by atoms with van der Waals surface area (Å²) in [4.78, 5) is 15.4. The molecule has 132 valence electrons. The normalized spacial score (nSPS) is 11.7. The van der Waals surface area contributed by atoms with Gasteiger partial charge in [-0.05, 0) is 43.3 Å². The van der Waals surface area contributed by atoms with Crippen molar-refractivity contribution in [3.8, 4) is 11.1 Å². The van der Waals surface area contributed by atoms with E-state index in [0.29, 0.717) is 13.0 Å². The number of carbonyl (C=O) groups excluding carboxylic acids is 1. The number of amides is 1. The van der Waals surface area contributed by atoms with Gasteiger partial charge in [0.15, 0.2) is 0 Å². The van der Waals surface area contributed by atoms with E-state index in [1.165, 1.54) is 16.7 Å². The van der Waals surface area contributed by atoms with Gasteiger partial charge in [0.1, 0.15) is 0 Å². The fraction of sp³-hybridized carbons (Fsp3) is 0.333. The molecule has 1 unspecified atom stereocenters.